The molecule has 0 aromatic heterocycles. The maximum absolute atomic E-state index is 5.10. The minimum Gasteiger partial charge on any atom is -0.370 e. The SMILES string of the molecule is CCCCCOCN=C(N)N. The zero-order chi connectivity index (χ0) is 8.53. The molecule has 0 unspecified atom stereocenters. The van der Waals surface area contributed by atoms with Crippen LogP contribution in [-0.4, -0.2) is 19.3 Å². The summed E-state index contributed by atoms with van der Waals surface area (Å²) in [5.74, 6) is 0.0838. The Bertz CT molecular complexity index is 110. The predicted octanol–water partition coefficient (Wildman–Crippen LogP) is 0.424. The summed E-state index contributed by atoms with van der Waals surface area (Å²) in [7, 11) is 0. The number of hydrogen-bond donors (Lipinski definition) is 2. The Labute approximate surface area is 67.6 Å². The summed E-state index contributed by atoms with van der Waals surface area (Å²) in [4.78, 5) is 3.67. The number of hydrogen-bond acceptors (Lipinski definition) is 2. The van der Waals surface area contributed by atoms with Crippen molar-refractivity contribution in [2.24, 2.45) is 16.5 Å². The fourth-order valence-electron chi connectivity index (χ4n) is 0.639. The van der Waals surface area contributed by atoms with Gasteiger partial charge in [0.25, 0.3) is 0 Å². The van der Waals surface area contributed by atoms with Gasteiger partial charge in [-0.15, -0.1) is 0 Å². The second-order valence-electron chi connectivity index (χ2n) is 2.33. The minimum atomic E-state index is 0.0838. The van der Waals surface area contributed by atoms with E-state index < -0.39 is 0 Å². The van der Waals surface area contributed by atoms with Crippen LogP contribution >= 0.6 is 0 Å². The first kappa shape index (κ1) is 10.2. The molecule has 0 radical (unpaired) electrons. The number of guanidine groups is 1. The van der Waals surface area contributed by atoms with Crippen LogP contribution in [0.2, 0.25) is 0 Å². The van der Waals surface area contributed by atoms with E-state index >= 15 is 0 Å². The van der Waals surface area contributed by atoms with Crippen LogP contribution in [0.1, 0.15) is 26.2 Å². The van der Waals surface area contributed by atoms with Crippen LogP contribution in [0.4, 0.5) is 0 Å². The van der Waals surface area contributed by atoms with Gasteiger partial charge in [-0.1, -0.05) is 19.8 Å². The van der Waals surface area contributed by atoms with E-state index in [1.165, 1.54) is 12.8 Å². The quantitative estimate of drug-likeness (QED) is 0.335. The molecule has 0 aromatic rings. The molecule has 0 aliphatic carbocycles. The van der Waals surface area contributed by atoms with Gasteiger partial charge in [0.15, 0.2) is 5.96 Å². The molecule has 0 heterocycles. The van der Waals surface area contributed by atoms with Crippen LogP contribution < -0.4 is 11.5 Å². The lowest BCUT2D eigenvalue weighted by Crippen LogP contribution is -2.23. The summed E-state index contributed by atoms with van der Waals surface area (Å²) in [6.07, 6.45) is 3.48. The molecule has 0 aliphatic heterocycles. The van der Waals surface area contributed by atoms with E-state index in [0.717, 1.165) is 13.0 Å². The van der Waals surface area contributed by atoms with Crippen molar-refractivity contribution in [3.05, 3.63) is 0 Å². The molecule has 0 aromatic carbocycles. The molecule has 66 valence electrons. The first-order valence-corrected chi connectivity index (χ1v) is 3.90. The molecule has 0 rings (SSSR count). The molecule has 4 N–H and O–H groups in total. The number of ether oxygens (including phenoxy) is 1. The van der Waals surface area contributed by atoms with Gasteiger partial charge in [-0.05, 0) is 6.42 Å². The molecule has 0 atom stereocenters. The molecule has 4 heteroatoms. The summed E-state index contributed by atoms with van der Waals surface area (Å²) in [6.45, 7) is 3.17. The van der Waals surface area contributed by atoms with Crippen LogP contribution in [-0.2, 0) is 4.74 Å². The van der Waals surface area contributed by atoms with E-state index in [-0.39, 0.29) is 12.7 Å². The fourth-order valence-corrected chi connectivity index (χ4v) is 0.639. The third-order valence-corrected chi connectivity index (χ3v) is 1.23. The summed E-state index contributed by atoms with van der Waals surface area (Å²) >= 11 is 0. The number of nitrogens with two attached hydrogens (primary N) is 2. The van der Waals surface area contributed by atoms with Gasteiger partial charge in [-0.3, -0.25) is 0 Å². The van der Waals surface area contributed by atoms with E-state index in [4.69, 9.17) is 16.2 Å². The Balaban J connectivity index is 2.97. The number of aliphatic imine (C=N–C) groups is 1. The highest BCUT2D eigenvalue weighted by atomic mass is 16.5. The summed E-state index contributed by atoms with van der Waals surface area (Å²) in [6, 6.07) is 0. The van der Waals surface area contributed by atoms with Crippen molar-refractivity contribution in [1.82, 2.24) is 0 Å². The lowest BCUT2D eigenvalue weighted by molar-refractivity contribution is 0.138. The van der Waals surface area contributed by atoms with Gasteiger partial charge < -0.3 is 16.2 Å². The molecular weight excluding hydrogens is 142 g/mol. The second kappa shape index (κ2) is 7.34. The predicted molar refractivity (Wildman–Crippen MR) is 46.2 cm³/mol. The normalized spacial score (nSPS) is 9.55. The molecule has 11 heavy (non-hydrogen) atoms. The van der Waals surface area contributed by atoms with Gasteiger partial charge in [0.1, 0.15) is 6.73 Å². The van der Waals surface area contributed by atoms with E-state index in [1.54, 1.807) is 0 Å². The van der Waals surface area contributed by atoms with Gasteiger partial charge in [0.05, 0.1) is 0 Å². The average molecular weight is 159 g/mol. The smallest absolute Gasteiger partial charge is 0.188 e. The van der Waals surface area contributed by atoms with Gasteiger partial charge in [-0.25, -0.2) is 4.99 Å². The summed E-state index contributed by atoms with van der Waals surface area (Å²) < 4.78 is 5.10. The average Bonchev–Trinajstić information content (AvgIpc) is 1.96. The van der Waals surface area contributed by atoms with Crippen molar-refractivity contribution in [2.45, 2.75) is 26.2 Å². The topological polar surface area (TPSA) is 73.6 Å². The highest BCUT2D eigenvalue weighted by molar-refractivity contribution is 5.75. The van der Waals surface area contributed by atoms with Crippen molar-refractivity contribution in [2.75, 3.05) is 13.3 Å². The van der Waals surface area contributed by atoms with Crippen molar-refractivity contribution >= 4 is 5.96 Å². The molecular formula is C7H17N3O. The van der Waals surface area contributed by atoms with Gasteiger partial charge in [-0.2, -0.15) is 0 Å². The maximum atomic E-state index is 5.10. The standard InChI is InChI=1S/C7H17N3O/c1-2-3-4-5-11-6-10-7(8)9/h2-6H2,1H3,(H4,8,9,10). The zero-order valence-corrected chi connectivity index (χ0v) is 7.05. The third kappa shape index (κ3) is 9.23. The van der Waals surface area contributed by atoms with Gasteiger partial charge in [0, 0.05) is 6.61 Å². The molecule has 0 amide bonds. The summed E-state index contributed by atoms with van der Waals surface area (Å²) in [5, 5.41) is 0. The van der Waals surface area contributed by atoms with Crippen LogP contribution in [0.25, 0.3) is 0 Å². The first-order valence-electron chi connectivity index (χ1n) is 3.90. The Hall–Kier alpha value is -0.770. The first-order chi connectivity index (χ1) is 5.27. The number of nitrogens with zero attached hydrogens (tertiary/aromatic N) is 1. The Morgan fingerprint density at radius 1 is 1.36 bits per heavy atom. The largest absolute Gasteiger partial charge is 0.370 e. The van der Waals surface area contributed by atoms with E-state index in [1.807, 2.05) is 0 Å². The monoisotopic (exact) mass is 159 g/mol. The summed E-state index contributed by atoms with van der Waals surface area (Å²) in [5.41, 5.74) is 10.2. The fraction of sp³-hybridized carbons (Fsp3) is 0.857. The Morgan fingerprint density at radius 2 is 2.09 bits per heavy atom. The molecule has 0 bridgehead atoms. The van der Waals surface area contributed by atoms with Crippen molar-refractivity contribution < 1.29 is 4.74 Å². The van der Waals surface area contributed by atoms with Crippen LogP contribution in [0.5, 0.6) is 0 Å². The van der Waals surface area contributed by atoms with Crippen LogP contribution in [0, 0.1) is 0 Å². The number of unbranched alkanes of at least 4 members (excludes halogenated alkanes) is 2. The highest BCUT2D eigenvalue weighted by Gasteiger charge is 1.86. The molecule has 4 nitrogen and oxygen atoms in total. The molecule has 0 saturated carbocycles. The van der Waals surface area contributed by atoms with Gasteiger partial charge >= 0.3 is 0 Å². The highest BCUT2D eigenvalue weighted by Crippen LogP contribution is 1.93. The van der Waals surface area contributed by atoms with Crippen molar-refractivity contribution in [3.8, 4) is 0 Å². The Kier molecular flexibility index (Phi) is 6.82. The zero-order valence-electron chi connectivity index (χ0n) is 7.05. The molecule has 0 fully saturated rings. The minimum absolute atomic E-state index is 0.0838. The van der Waals surface area contributed by atoms with Crippen LogP contribution in [0.3, 0.4) is 0 Å². The van der Waals surface area contributed by atoms with Crippen LogP contribution in [0.15, 0.2) is 4.99 Å². The van der Waals surface area contributed by atoms with E-state index in [9.17, 15) is 0 Å². The lowest BCUT2D eigenvalue weighted by Gasteiger charge is -1.98. The lowest BCUT2D eigenvalue weighted by atomic mass is 10.3. The third-order valence-electron chi connectivity index (χ3n) is 1.23. The Morgan fingerprint density at radius 3 is 2.64 bits per heavy atom. The number of rotatable bonds is 6. The van der Waals surface area contributed by atoms with E-state index in [0.29, 0.717) is 0 Å². The maximum Gasteiger partial charge on any atom is 0.188 e. The molecule has 0 saturated heterocycles. The van der Waals surface area contributed by atoms with Gasteiger partial charge in [0.2, 0.25) is 0 Å². The van der Waals surface area contributed by atoms with Crippen molar-refractivity contribution in [3.63, 3.8) is 0 Å². The van der Waals surface area contributed by atoms with E-state index in [2.05, 4.69) is 11.9 Å². The second-order valence-corrected chi connectivity index (χ2v) is 2.33. The molecule has 0 spiro atoms. The van der Waals surface area contributed by atoms with Crippen molar-refractivity contribution in [1.29, 1.82) is 0 Å². The molecule has 0 aliphatic rings.